The molecule has 0 bridgehead atoms. The maximum absolute atomic E-state index is 13.7. The van der Waals surface area contributed by atoms with Crippen molar-refractivity contribution in [3.05, 3.63) is 35.9 Å². The van der Waals surface area contributed by atoms with Crippen LogP contribution in [0.25, 0.3) is 0 Å². The fourth-order valence-electron chi connectivity index (χ4n) is 4.12. The first-order valence-electron chi connectivity index (χ1n) is 10.7. The standard InChI is InChI=1S/C22H33N3O6/c1-15(2)30-21-23-20(26)19(12-16-8-6-5-7-9-16)25(31-21)22(27)24-17(13-28-3)10-11-18(24)14-29-4/h5-9,15,17-19,21H,10-14H2,1-4H3,(H,23,26)/t17-,18-,19+,21+/m1/s1. The molecule has 9 heteroatoms. The molecule has 0 unspecified atom stereocenters. The van der Waals surface area contributed by atoms with Crippen molar-refractivity contribution in [1.29, 1.82) is 0 Å². The highest BCUT2D eigenvalue weighted by molar-refractivity contribution is 5.88. The van der Waals surface area contributed by atoms with E-state index in [1.807, 2.05) is 44.2 Å². The minimum Gasteiger partial charge on any atom is -0.383 e. The number of nitrogens with zero attached hydrogens (tertiary/aromatic N) is 2. The number of amides is 3. The molecule has 0 aromatic heterocycles. The summed E-state index contributed by atoms with van der Waals surface area (Å²) < 4.78 is 16.3. The SMILES string of the molecule is COC[C@H]1CC[C@H](COC)N1C(=O)N1O[C@H](OC(C)C)NC(=O)[C@@H]1Cc1ccccc1. The molecule has 4 atom stereocenters. The molecule has 2 heterocycles. The quantitative estimate of drug-likeness (QED) is 0.671. The van der Waals surface area contributed by atoms with E-state index < -0.39 is 12.5 Å². The third-order valence-electron chi connectivity index (χ3n) is 5.47. The molecule has 1 N–H and O–H groups in total. The molecule has 172 valence electrons. The summed E-state index contributed by atoms with van der Waals surface area (Å²) in [4.78, 5) is 34.3. The zero-order chi connectivity index (χ0) is 22.4. The van der Waals surface area contributed by atoms with Gasteiger partial charge >= 0.3 is 6.03 Å². The molecule has 1 aromatic rings. The van der Waals surface area contributed by atoms with Gasteiger partial charge in [-0.15, -0.1) is 0 Å². The van der Waals surface area contributed by atoms with Gasteiger partial charge in [0.1, 0.15) is 6.04 Å². The van der Waals surface area contributed by atoms with E-state index in [4.69, 9.17) is 19.0 Å². The summed E-state index contributed by atoms with van der Waals surface area (Å²) >= 11 is 0. The molecular formula is C22H33N3O6. The Morgan fingerprint density at radius 1 is 1.13 bits per heavy atom. The number of carbonyl (C=O) groups is 2. The van der Waals surface area contributed by atoms with Gasteiger partial charge < -0.3 is 24.4 Å². The number of rotatable bonds is 8. The van der Waals surface area contributed by atoms with Crippen molar-refractivity contribution in [2.24, 2.45) is 0 Å². The third kappa shape index (κ3) is 5.74. The molecule has 3 amide bonds. The molecule has 0 radical (unpaired) electrons. The Labute approximate surface area is 183 Å². The predicted molar refractivity (Wildman–Crippen MR) is 113 cm³/mol. The lowest BCUT2D eigenvalue weighted by Crippen LogP contribution is -2.65. The molecule has 2 fully saturated rings. The van der Waals surface area contributed by atoms with Crippen molar-refractivity contribution in [1.82, 2.24) is 15.3 Å². The molecule has 2 aliphatic rings. The first-order valence-corrected chi connectivity index (χ1v) is 10.7. The Balaban J connectivity index is 1.88. The van der Waals surface area contributed by atoms with E-state index in [1.165, 1.54) is 5.06 Å². The first-order chi connectivity index (χ1) is 14.9. The van der Waals surface area contributed by atoms with Gasteiger partial charge in [-0.2, -0.15) is 5.06 Å². The Bertz CT molecular complexity index is 717. The molecule has 1 aromatic carbocycles. The maximum atomic E-state index is 13.7. The number of nitrogens with one attached hydrogen (secondary N) is 1. The fraction of sp³-hybridized carbons (Fsp3) is 0.636. The van der Waals surface area contributed by atoms with Crippen LogP contribution in [0.15, 0.2) is 30.3 Å². The Hall–Kier alpha value is -2.20. The number of benzene rings is 1. The normalized spacial score (nSPS) is 26.4. The summed E-state index contributed by atoms with van der Waals surface area (Å²) in [6.07, 6.45) is 0.686. The first kappa shape index (κ1) is 23.5. The van der Waals surface area contributed by atoms with Crippen LogP contribution < -0.4 is 5.32 Å². The van der Waals surface area contributed by atoms with E-state index in [0.717, 1.165) is 18.4 Å². The molecule has 2 aliphatic heterocycles. The average molecular weight is 436 g/mol. The minimum atomic E-state index is -1.03. The Kier molecular flexibility index (Phi) is 8.25. The molecule has 0 spiro atoms. The summed E-state index contributed by atoms with van der Waals surface area (Å²) in [6.45, 7) is 4.48. The number of ether oxygens (including phenoxy) is 3. The van der Waals surface area contributed by atoms with E-state index >= 15 is 0 Å². The van der Waals surface area contributed by atoms with Gasteiger partial charge in [0, 0.05) is 20.6 Å². The fourth-order valence-corrected chi connectivity index (χ4v) is 4.12. The number of likely N-dealkylation sites (tertiary alicyclic amines) is 1. The van der Waals surface area contributed by atoms with Crippen LogP contribution in [0.1, 0.15) is 32.3 Å². The lowest BCUT2D eigenvalue weighted by molar-refractivity contribution is -0.304. The van der Waals surface area contributed by atoms with Crippen LogP contribution >= 0.6 is 0 Å². The highest BCUT2D eigenvalue weighted by Gasteiger charge is 2.46. The van der Waals surface area contributed by atoms with Crippen LogP contribution in [0.2, 0.25) is 0 Å². The van der Waals surface area contributed by atoms with E-state index in [-0.39, 0.29) is 30.1 Å². The second kappa shape index (κ2) is 10.9. The summed E-state index contributed by atoms with van der Waals surface area (Å²) in [5.74, 6) is -0.320. The van der Waals surface area contributed by atoms with Crippen molar-refractivity contribution in [2.75, 3.05) is 27.4 Å². The van der Waals surface area contributed by atoms with Gasteiger partial charge in [-0.1, -0.05) is 30.3 Å². The zero-order valence-electron chi connectivity index (χ0n) is 18.7. The van der Waals surface area contributed by atoms with Crippen molar-refractivity contribution in [3.63, 3.8) is 0 Å². The zero-order valence-corrected chi connectivity index (χ0v) is 18.7. The van der Waals surface area contributed by atoms with Crippen molar-refractivity contribution >= 4 is 11.9 Å². The summed E-state index contributed by atoms with van der Waals surface area (Å²) in [6, 6.07) is 8.11. The van der Waals surface area contributed by atoms with E-state index in [2.05, 4.69) is 5.32 Å². The summed E-state index contributed by atoms with van der Waals surface area (Å²) in [7, 11) is 3.23. The molecule has 2 saturated heterocycles. The molecule has 31 heavy (non-hydrogen) atoms. The highest BCUT2D eigenvalue weighted by Crippen LogP contribution is 2.29. The van der Waals surface area contributed by atoms with Gasteiger partial charge in [0.05, 0.1) is 31.4 Å². The third-order valence-corrected chi connectivity index (χ3v) is 5.47. The molecule has 3 rings (SSSR count). The lowest BCUT2D eigenvalue weighted by Gasteiger charge is -2.42. The van der Waals surface area contributed by atoms with Gasteiger partial charge in [-0.3, -0.25) is 4.79 Å². The number of methoxy groups -OCH3 is 2. The van der Waals surface area contributed by atoms with E-state index in [1.54, 1.807) is 19.1 Å². The van der Waals surface area contributed by atoms with Gasteiger partial charge in [-0.25, -0.2) is 9.63 Å². The van der Waals surface area contributed by atoms with Crippen LogP contribution in [-0.2, 0) is 30.3 Å². The van der Waals surface area contributed by atoms with Gasteiger partial charge in [-0.05, 0) is 32.3 Å². The number of urea groups is 1. The summed E-state index contributed by atoms with van der Waals surface area (Å²) in [5.41, 5.74) is 0.926. The van der Waals surface area contributed by atoms with Gasteiger partial charge in [0.2, 0.25) is 5.91 Å². The van der Waals surface area contributed by atoms with Crippen LogP contribution in [-0.4, -0.2) is 80.0 Å². The molecule has 0 saturated carbocycles. The largest absolute Gasteiger partial charge is 0.383 e. The Morgan fingerprint density at radius 2 is 1.74 bits per heavy atom. The number of hydrogen-bond acceptors (Lipinski definition) is 6. The van der Waals surface area contributed by atoms with Crippen molar-refractivity contribution < 1.29 is 28.6 Å². The van der Waals surface area contributed by atoms with Crippen LogP contribution in [0.3, 0.4) is 0 Å². The second-order valence-corrected chi connectivity index (χ2v) is 8.15. The summed E-state index contributed by atoms with van der Waals surface area (Å²) in [5, 5.41) is 3.90. The van der Waals surface area contributed by atoms with Crippen molar-refractivity contribution in [2.45, 2.75) is 63.8 Å². The van der Waals surface area contributed by atoms with Crippen molar-refractivity contribution in [3.8, 4) is 0 Å². The lowest BCUT2D eigenvalue weighted by atomic mass is 10.0. The maximum Gasteiger partial charge on any atom is 0.345 e. The highest BCUT2D eigenvalue weighted by atomic mass is 16.8. The van der Waals surface area contributed by atoms with E-state index in [9.17, 15) is 9.59 Å². The molecular weight excluding hydrogens is 402 g/mol. The van der Waals surface area contributed by atoms with Gasteiger partial charge in [0.15, 0.2) is 0 Å². The Morgan fingerprint density at radius 3 is 2.29 bits per heavy atom. The number of hydroxylamine groups is 2. The smallest absolute Gasteiger partial charge is 0.345 e. The van der Waals surface area contributed by atoms with Gasteiger partial charge in [0.25, 0.3) is 6.41 Å². The molecule has 0 aliphatic carbocycles. The number of hydrogen-bond donors (Lipinski definition) is 1. The molecule has 9 nitrogen and oxygen atoms in total. The minimum absolute atomic E-state index is 0.118. The average Bonchev–Trinajstić information content (AvgIpc) is 3.12. The van der Waals surface area contributed by atoms with Crippen LogP contribution in [0.4, 0.5) is 4.79 Å². The second-order valence-electron chi connectivity index (χ2n) is 8.15. The monoisotopic (exact) mass is 435 g/mol. The van der Waals surface area contributed by atoms with E-state index in [0.29, 0.717) is 19.6 Å². The van der Waals surface area contributed by atoms with Crippen LogP contribution in [0, 0.1) is 0 Å². The number of carbonyl (C=O) groups excluding carboxylic acids is 2. The topological polar surface area (TPSA) is 89.6 Å². The predicted octanol–water partition coefficient (Wildman–Crippen LogP) is 1.92. The van der Waals surface area contributed by atoms with Crippen LogP contribution in [0.5, 0.6) is 0 Å².